The summed E-state index contributed by atoms with van der Waals surface area (Å²) in [5.41, 5.74) is 28.2. The van der Waals surface area contributed by atoms with Crippen LogP contribution in [0.2, 0.25) is 0 Å². The third-order valence-corrected chi connectivity index (χ3v) is 20.4. The van der Waals surface area contributed by atoms with Crippen molar-refractivity contribution < 1.29 is 0 Å². The lowest BCUT2D eigenvalue weighted by Crippen LogP contribution is -2.01. The Hall–Kier alpha value is -16.2. The predicted octanol–water partition coefficient (Wildman–Crippen LogP) is 23.3. The molecule has 9 aromatic carbocycles. The molecule has 0 aliphatic rings. The third-order valence-electron chi connectivity index (χ3n) is 20.4. The van der Waals surface area contributed by atoms with E-state index >= 15 is 0 Å². The highest BCUT2D eigenvalue weighted by Crippen LogP contribution is 2.36. The van der Waals surface area contributed by atoms with Gasteiger partial charge >= 0.3 is 0 Å². The molecule has 0 spiro atoms. The minimum Gasteiger partial charge on any atom is -0.261 e. The maximum absolute atomic E-state index is 5.02. The molecule has 124 heavy (non-hydrogen) atoms. The van der Waals surface area contributed by atoms with E-state index in [0.29, 0.717) is 69.9 Å². The van der Waals surface area contributed by atoms with E-state index in [1.54, 1.807) is 0 Å². The summed E-state index contributed by atoms with van der Waals surface area (Å²) < 4.78 is 0. The summed E-state index contributed by atoms with van der Waals surface area (Å²) in [5, 5.41) is 0. The van der Waals surface area contributed by atoms with E-state index in [9.17, 15) is 0 Å². The maximum atomic E-state index is 5.02. The van der Waals surface area contributed by atoms with Crippen molar-refractivity contribution in [1.29, 1.82) is 0 Å². The first-order valence-corrected chi connectivity index (χ1v) is 40.8. The van der Waals surface area contributed by atoms with Gasteiger partial charge in [0, 0.05) is 158 Å². The van der Waals surface area contributed by atoms with Crippen molar-refractivity contribution in [1.82, 2.24) is 94.7 Å². The molecule has 0 amide bonds. The standard InChI is InChI=1S/C39H31N7.C33H27N7.C33H25N5/c1-24-10-5-18-34(40-24)28-12-7-14-30(21-28)37-44-38(31-15-8-13-29(22-31)35-19-6-11-25(2)41-35)46-39(45-37)33-17-9-16-32(23-33)36-42-26(3)20-27(4)43-36;1-20-17-21(2)35-29(34-20)25-13-15-26(16-14-25)31-38-30(24-9-6-5-7-10-24)39-33(40-31)28-12-8-11-27(19-28)32-36-22(3)18-23(4)37-32;1-22-14-16-29(20-34-22)25-10-6-12-27(18-25)32-36-31(24-8-4-3-5-9-24)37-33(38-32)28-13-7-11-26(19-28)30-17-15-23(2)35-21-30/h5-23H,1-4H3;5-19H,1-4H3;3-21H,1-2H3. The number of aromatic nitrogens is 19. The van der Waals surface area contributed by atoms with Gasteiger partial charge in [0.25, 0.3) is 0 Å². The number of rotatable bonds is 16. The summed E-state index contributed by atoms with van der Waals surface area (Å²) in [6, 6.07) is 103. The Labute approximate surface area is 719 Å². The summed E-state index contributed by atoms with van der Waals surface area (Å²) >= 11 is 0. The molecular formula is C105H83N19. The lowest BCUT2D eigenvalue weighted by molar-refractivity contribution is 1.06. The van der Waals surface area contributed by atoms with Crippen LogP contribution in [0.4, 0.5) is 0 Å². The summed E-state index contributed by atoms with van der Waals surface area (Å²) in [7, 11) is 0. The molecule has 19 nitrogen and oxygen atoms in total. The van der Waals surface area contributed by atoms with Crippen LogP contribution in [0.3, 0.4) is 0 Å². The lowest BCUT2D eigenvalue weighted by atomic mass is 10.0. The molecule has 0 fully saturated rings. The monoisotopic (exact) mass is 1610 g/mol. The smallest absolute Gasteiger partial charge is 0.164 e. The number of nitrogens with zero attached hydrogens (tertiary/aromatic N) is 19. The van der Waals surface area contributed by atoms with Crippen molar-refractivity contribution in [3.05, 3.63) is 379 Å². The first-order chi connectivity index (χ1) is 60.4. The van der Waals surface area contributed by atoms with Gasteiger partial charge in [0.15, 0.2) is 69.9 Å². The average Bonchev–Trinajstić information content (AvgIpc) is 0.802. The second kappa shape index (κ2) is 36.2. The van der Waals surface area contributed by atoms with E-state index in [4.69, 9.17) is 54.8 Å². The molecule has 10 aromatic heterocycles. The highest BCUT2D eigenvalue weighted by atomic mass is 15.1. The Bertz CT molecular complexity index is 6830. The van der Waals surface area contributed by atoms with Crippen LogP contribution in [-0.4, -0.2) is 94.7 Å². The lowest BCUT2D eigenvalue weighted by Gasteiger charge is -2.11. The van der Waals surface area contributed by atoms with E-state index in [1.165, 1.54) is 0 Å². The number of pyridine rings is 4. The summed E-state index contributed by atoms with van der Waals surface area (Å²) in [6.07, 6.45) is 3.79. The first kappa shape index (κ1) is 80.3. The van der Waals surface area contributed by atoms with Crippen LogP contribution in [0.15, 0.2) is 322 Å². The Morgan fingerprint density at radius 2 is 0.323 bits per heavy atom. The Morgan fingerprint density at radius 1 is 0.121 bits per heavy atom. The van der Waals surface area contributed by atoms with Crippen molar-refractivity contribution in [3.8, 4) is 181 Å². The number of hydrogen-bond donors (Lipinski definition) is 0. The molecule has 0 saturated carbocycles. The van der Waals surface area contributed by atoms with E-state index < -0.39 is 0 Å². The van der Waals surface area contributed by atoms with Gasteiger partial charge in [-0.05, 0) is 171 Å². The number of hydrogen-bond acceptors (Lipinski definition) is 19. The summed E-state index contributed by atoms with van der Waals surface area (Å²) in [6.45, 7) is 19.8. The van der Waals surface area contributed by atoms with Gasteiger partial charge in [-0.25, -0.2) is 74.8 Å². The number of aryl methyl sites for hydroxylation is 10. The van der Waals surface area contributed by atoms with Crippen LogP contribution in [0.5, 0.6) is 0 Å². The van der Waals surface area contributed by atoms with E-state index in [-0.39, 0.29) is 0 Å². The Kier molecular flexibility index (Phi) is 23.4. The Balaban J connectivity index is 0.000000132. The van der Waals surface area contributed by atoms with Crippen LogP contribution in [0.1, 0.15) is 56.9 Å². The maximum Gasteiger partial charge on any atom is 0.164 e. The van der Waals surface area contributed by atoms with Gasteiger partial charge in [-0.3, -0.25) is 19.9 Å². The molecule has 19 rings (SSSR count). The molecule has 0 atom stereocenters. The topological polar surface area (TPSA) is 245 Å². The zero-order chi connectivity index (χ0) is 85.2. The molecule has 0 radical (unpaired) electrons. The molecule has 598 valence electrons. The van der Waals surface area contributed by atoms with Gasteiger partial charge in [0.05, 0.1) is 11.4 Å². The average molecular weight is 1610 g/mol. The van der Waals surface area contributed by atoms with Gasteiger partial charge in [-0.2, -0.15) is 0 Å². The highest BCUT2D eigenvalue weighted by molar-refractivity contribution is 5.79. The summed E-state index contributed by atoms with van der Waals surface area (Å²) in [4.78, 5) is 90.6. The quantitative estimate of drug-likeness (QED) is 0.0872. The fourth-order valence-electron chi connectivity index (χ4n) is 14.4. The predicted molar refractivity (Wildman–Crippen MR) is 492 cm³/mol. The molecule has 0 aliphatic heterocycles. The fourth-order valence-corrected chi connectivity index (χ4v) is 14.4. The van der Waals surface area contributed by atoms with Crippen molar-refractivity contribution in [3.63, 3.8) is 0 Å². The number of benzene rings is 9. The second-order valence-electron chi connectivity index (χ2n) is 30.3. The molecule has 0 aliphatic carbocycles. The van der Waals surface area contributed by atoms with Crippen LogP contribution in [0, 0.1) is 69.2 Å². The minimum absolute atomic E-state index is 0.560. The molecule has 0 unspecified atom stereocenters. The van der Waals surface area contributed by atoms with Gasteiger partial charge in [-0.1, -0.05) is 218 Å². The van der Waals surface area contributed by atoms with E-state index in [2.05, 4.69) is 101 Å². The molecule has 19 aromatic rings. The Morgan fingerprint density at radius 3 is 0.589 bits per heavy atom. The van der Waals surface area contributed by atoms with Crippen LogP contribution in [-0.2, 0) is 0 Å². The zero-order valence-electron chi connectivity index (χ0n) is 70.1. The van der Waals surface area contributed by atoms with Crippen molar-refractivity contribution in [2.24, 2.45) is 0 Å². The van der Waals surface area contributed by atoms with Gasteiger partial charge in [0.2, 0.25) is 0 Å². The van der Waals surface area contributed by atoms with Crippen molar-refractivity contribution in [2.45, 2.75) is 69.2 Å². The summed E-state index contributed by atoms with van der Waals surface area (Å²) in [5.74, 6) is 7.42. The van der Waals surface area contributed by atoms with Crippen LogP contribution in [0.25, 0.3) is 181 Å². The van der Waals surface area contributed by atoms with Crippen LogP contribution < -0.4 is 0 Å². The van der Waals surface area contributed by atoms with Crippen LogP contribution >= 0.6 is 0 Å². The largest absolute Gasteiger partial charge is 0.261 e. The van der Waals surface area contributed by atoms with Gasteiger partial charge in [0.1, 0.15) is 0 Å². The molecule has 19 heteroatoms. The first-order valence-electron chi connectivity index (χ1n) is 40.8. The molecule has 0 saturated heterocycles. The highest BCUT2D eigenvalue weighted by Gasteiger charge is 2.21. The fraction of sp³-hybridized carbons (Fsp3) is 0.0952. The minimum atomic E-state index is 0.560. The van der Waals surface area contributed by atoms with Crippen molar-refractivity contribution in [2.75, 3.05) is 0 Å². The van der Waals surface area contributed by atoms with Gasteiger partial charge in [-0.15, -0.1) is 0 Å². The SMILES string of the molecule is Cc1cc(C)nc(-c2ccc(-c3nc(-c4ccccc4)nc(-c4cccc(-c5nc(C)cc(C)n5)c4)n3)cc2)n1.Cc1ccc(-c2cccc(-c3nc(-c4ccccc4)nc(-c4cccc(-c5ccc(C)nc5)c4)n3)c2)cn1.Cc1cccc(-c2cccc(-c3nc(-c4cccc(-c5cccc(C)n5)c4)nc(-c4cccc(-c5nc(C)cc(C)n5)c4)n3)c2)n1. The normalized spacial score (nSPS) is 11.0. The molecule has 0 N–H and O–H groups in total. The molecular weight excluding hydrogens is 1530 g/mol. The molecule has 10 heterocycles. The van der Waals surface area contributed by atoms with E-state index in [0.717, 1.165) is 168 Å². The zero-order valence-corrected chi connectivity index (χ0v) is 70.1. The molecule has 0 bridgehead atoms. The van der Waals surface area contributed by atoms with Gasteiger partial charge < -0.3 is 0 Å². The third kappa shape index (κ3) is 19.3. The van der Waals surface area contributed by atoms with E-state index in [1.807, 2.05) is 330 Å². The second-order valence-corrected chi connectivity index (χ2v) is 30.3. The van der Waals surface area contributed by atoms with Crippen molar-refractivity contribution >= 4 is 0 Å².